The van der Waals surface area contributed by atoms with E-state index in [0.717, 1.165) is 32.5 Å². The van der Waals surface area contributed by atoms with Gasteiger partial charge >= 0.3 is 0 Å². The second-order valence-corrected chi connectivity index (χ2v) is 5.92. The summed E-state index contributed by atoms with van der Waals surface area (Å²) in [6, 6.07) is 8.92. The second kappa shape index (κ2) is 7.12. The third-order valence-electron chi connectivity index (χ3n) is 4.66. The molecule has 0 radical (unpaired) electrons. The van der Waals surface area contributed by atoms with E-state index in [4.69, 9.17) is 0 Å². The number of hydrogen-bond donors (Lipinski definition) is 0. The van der Waals surface area contributed by atoms with Crippen LogP contribution in [-0.4, -0.2) is 48.4 Å². The highest BCUT2D eigenvalue weighted by molar-refractivity contribution is 5.96. The summed E-state index contributed by atoms with van der Waals surface area (Å²) < 4.78 is 0. The summed E-state index contributed by atoms with van der Waals surface area (Å²) in [5, 5.41) is 0. The van der Waals surface area contributed by atoms with E-state index in [1.807, 2.05) is 11.9 Å². The zero-order chi connectivity index (χ0) is 14.8. The lowest BCUT2D eigenvalue weighted by Crippen LogP contribution is -2.45. The minimum Gasteiger partial charge on any atom is -0.339 e. The van der Waals surface area contributed by atoms with E-state index >= 15 is 0 Å². The number of nitrogens with zero attached hydrogens (tertiary/aromatic N) is 2. The third-order valence-corrected chi connectivity index (χ3v) is 4.66. The Hall–Kier alpha value is -1.58. The van der Waals surface area contributed by atoms with Gasteiger partial charge in [0.2, 0.25) is 5.91 Å². The van der Waals surface area contributed by atoms with E-state index in [1.54, 1.807) is 0 Å². The predicted molar refractivity (Wildman–Crippen MR) is 94.0 cm³/mol. The number of fused-ring (bicyclic) bond motifs is 1. The number of piperidine rings is 1. The quantitative estimate of drug-likeness (QED) is 0.797. The normalized spacial score (nSPS) is 17.6. The first-order valence-electron chi connectivity index (χ1n) is 7.60. The summed E-state index contributed by atoms with van der Waals surface area (Å²) in [6.45, 7) is 6.70. The van der Waals surface area contributed by atoms with E-state index in [2.05, 4.69) is 41.8 Å². The van der Waals surface area contributed by atoms with Crippen LogP contribution >= 0.6 is 12.4 Å². The molecule has 1 aromatic carbocycles. The molecule has 0 atom stereocenters. The van der Waals surface area contributed by atoms with Gasteiger partial charge in [-0.3, -0.25) is 9.69 Å². The molecule has 0 bridgehead atoms. The number of benzene rings is 1. The SMILES string of the molecule is C=CC(=O)N(C)C1CCN(CC2=Cc3ccccc32)CC1.Cl. The summed E-state index contributed by atoms with van der Waals surface area (Å²) in [5.41, 5.74) is 4.21. The molecule has 4 heteroatoms. The lowest BCUT2D eigenvalue weighted by molar-refractivity contribution is -0.127. The molecule has 118 valence electrons. The number of likely N-dealkylation sites (N-methyl/N-ethyl adjacent to an activating group) is 1. The Bertz CT molecular complexity index is 589. The van der Waals surface area contributed by atoms with Crippen LogP contribution in [-0.2, 0) is 4.79 Å². The molecule has 22 heavy (non-hydrogen) atoms. The van der Waals surface area contributed by atoms with Gasteiger partial charge < -0.3 is 4.90 Å². The highest BCUT2D eigenvalue weighted by atomic mass is 35.5. The van der Waals surface area contributed by atoms with Gasteiger partial charge in [0.25, 0.3) is 0 Å². The van der Waals surface area contributed by atoms with Crippen molar-refractivity contribution < 1.29 is 4.79 Å². The van der Waals surface area contributed by atoms with Gasteiger partial charge in [-0.25, -0.2) is 0 Å². The molecule has 0 unspecified atom stereocenters. The van der Waals surface area contributed by atoms with Crippen molar-refractivity contribution in [1.82, 2.24) is 9.80 Å². The highest BCUT2D eigenvalue weighted by Crippen LogP contribution is 2.33. The topological polar surface area (TPSA) is 23.6 Å². The molecule has 0 spiro atoms. The molecule has 0 N–H and O–H groups in total. The van der Waals surface area contributed by atoms with Crippen molar-refractivity contribution >= 4 is 30.0 Å². The van der Waals surface area contributed by atoms with Crippen LogP contribution in [0.1, 0.15) is 24.0 Å². The van der Waals surface area contributed by atoms with Crippen LogP contribution in [0.15, 0.2) is 36.9 Å². The molecule has 0 aromatic heterocycles. The van der Waals surface area contributed by atoms with Gasteiger partial charge in [0.1, 0.15) is 0 Å². The molecule has 1 aliphatic carbocycles. The van der Waals surface area contributed by atoms with Crippen LogP contribution in [0.2, 0.25) is 0 Å². The predicted octanol–water partition coefficient (Wildman–Crippen LogP) is 3.07. The number of amides is 1. The van der Waals surface area contributed by atoms with Crippen LogP contribution in [0, 0.1) is 0 Å². The molecule has 1 fully saturated rings. The van der Waals surface area contributed by atoms with Gasteiger partial charge in [0, 0.05) is 32.7 Å². The summed E-state index contributed by atoms with van der Waals surface area (Å²) in [6.07, 6.45) is 5.78. The number of likely N-dealkylation sites (tertiary alicyclic amines) is 1. The van der Waals surface area contributed by atoms with Gasteiger partial charge in [0.05, 0.1) is 0 Å². The van der Waals surface area contributed by atoms with Crippen LogP contribution in [0.5, 0.6) is 0 Å². The summed E-state index contributed by atoms with van der Waals surface area (Å²) in [5.74, 6) is 0.0316. The van der Waals surface area contributed by atoms with Crippen molar-refractivity contribution in [3.8, 4) is 0 Å². The fourth-order valence-corrected chi connectivity index (χ4v) is 3.26. The van der Waals surface area contributed by atoms with Gasteiger partial charge in [-0.05, 0) is 41.7 Å². The zero-order valence-electron chi connectivity index (χ0n) is 13.0. The summed E-state index contributed by atoms with van der Waals surface area (Å²) in [7, 11) is 1.88. The average molecular weight is 319 g/mol. The summed E-state index contributed by atoms with van der Waals surface area (Å²) >= 11 is 0. The number of halogens is 1. The van der Waals surface area contributed by atoms with Gasteiger partial charge in [0.15, 0.2) is 0 Å². The smallest absolute Gasteiger partial charge is 0.245 e. The fraction of sp³-hybridized carbons (Fsp3) is 0.389. The number of rotatable bonds is 4. The fourth-order valence-electron chi connectivity index (χ4n) is 3.26. The van der Waals surface area contributed by atoms with Crippen molar-refractivity contribution in [2.45, 2.75) is 18.9 Å². The van der Waals surface area contributed by atoms with Crippen molar-refractivity contribution in [1.29, 1.82) is 0 Å². The zero-order valence-corrected chi connectivity index (χ0v) is 13.8. The molecule has 1 aliphatic heterocycles. The largest absolute Gasteiger partial charge is 0.339 e. The summed E-state index contributed by atoms with van der Waals surface area (Å²) in [4.78, 5) is 16.0. The molecule has 1 saturated heterocycles. The maximum Gasteiger partial charge on any atom is 0.245 e. The first kappa shape index (κ1) is 16.8. The minimum absolute atomic E-state index is 0. The van der Waals surface area contributed by atoms with E-state index in [9.17, 15) is 4.79 Å². The number of carbonyl (C=O) groups excluding carboxylic acids is 1. The molecule has 2 aliphatic rings. The Balaban J connectivity index is 0.00000176. The second-order valence-electron chi connectivity index (χ2n) is 5.92. The first-order valence-corrected chi connectivity index (χ1v) is 7.60. The molecular formula is C18H23ClN2O. The maximum absolute atomic E-state index is 11.6. The molecule has 1 heterocycles. The Morgan fingerprint density at radius 2 is 2.05 bits per heavy atom. The van der Waals surface area contributed by atoms with Crippen LogP contribution in [0.25, 0.3) is 11.6 Å². The Morgan fingerprint density at radius 3 is 2.68 bits per heavy atom. The van der Waals surface area contributed by atoms with Crippen molar-refractivity contribution in [3.05, 3.63) is 48.0 Å². The molecule has 3 rings (SSSR count). The number of hydrogen-bond acceptors (Lipinski definition) is 2. The Morgan fingerprint density at radius 1 is 1.36 bits per heavy atom. The van der Waals surface area contributed by atoms with E-state index in [1.165, 1.54) is 22.8 Å². The average Bonchev–Trinajstić information content (AvgIpc) is 2.52. The standard InChI is InChI=1S/C18H22N2O.ClH/c1-3-18(21)19(2)16-8-10-20(11-9-16)13-15-12-14-6-4-5-7-17(14)15;/h3-7,12,16H,1,8-11,13H2,2H3;1H. The monoisotopic (exact) mass is 318 g/mol. The Labute approximate surface area is 138 Å². The van der Waals surface area contributed by atoms with Crippen molar-refractivity contribution in [2.75, 3.05) is 26.7 Å². The molecule has 1 aromatic rings. The van der Waals surface area contributed by atoms with Gasteiger partial charge in [-0.15, -0.1) is 12.4 Å². The van der Waals surface area contributed by atoms with Gasteiger partial charge in [-0.2, -0.15) is 0 Å². The van der Waals surface area contributed by atoms with E-state index in [-0.39, 0.29) is 18.3 Å². The number of carbonyl (C=O) groups is 1. The van der Waals surface area contributed by atoms with Gasteiger partial charge in [-0.1, -0.05) is 30.8 Å². The van der Waals surface area contributed by atoms with E-state index in [0.29, 0.717) is 6.04 Å². The van der Waals surface area contributed by atoms with Crippen LogP contribution in [0.3, 0.4) is 0 Å². The highest BCUT2D eigenvalue weighted by Gasteiger charge is 2.26. The van der Waals surface area contributed by atoms with Crippen molar-refractivity contribution in [2.24, 2.45) is 0 Å². The first-order chi connectivity index (χ1) is 10.2. The lowest BCUT2D eigenvalue weighted by Gasteiger charge is -2.37. The van der Waals surface area contributed by atoms with Crippen molar-refractivity contribution in [3.63, 3.8) is 0 Å². The van der Waals surface area contributed by atoms with Crippen LogP contribution < -0.4 is 0 Å². The Kier molecular flexibility index (Phi) is 5.43. The minimum atomic E-state index is 0. The molecular weight excluding hydrogens is 296 g/mol. The maximum atomic E-state index is 11.6. The van der Waals surface area contributed by atoms with E-state index < -0.39 is 0 Å². The molecule has 3 nitrogen and oxygen atoms in total. The lowest BCUT2D eigenvalue weighted by atomic mass is 9.88. The molecule has 1 amide bonds. The van der Waals surface area contributed by atoms with Crippen LogP contribution in [0.4, 0.5) is 0 Å². The molecule has 0 saturated carbocycles. The third kappa shape index (κ3) is 3.26.